The van der Waals surface area contributed by atoms with Gasteiger partial charge in [-0.15, -0.1) is 11.3 Å². The fourth-order valence-corrected chi connectivity index (χ4v) is 5.79. The Morgan fingerprint density at radius 2 is 1.95 bits per heavy atom. The van der Waals surface area contributed by atoms with E-state index in [1.807, 2.05) is 37.4 Å². The monoisotopic (exact) mass is 524 g/mol. The van der Waals surface area contributed by atoms with Crippen LogP contribution in [0.2, 0.25) is 0 Å². The van der Waals surface area contributed by atoms with Crippen LogP contribution < -0.4 is 9.64 Å². The Hall–Kier alpha value is -3.01. The highest BCUT2D eigenvalue weighted by Crippen LogP contribution is 2.37. The Kier molecular flexibility index (Phi) is 7.73. The van der Waals surface area contributed by atoms with Crippen molar-refractivity contribution in [1.82, 2.24) is 14.8 Å². The molecule has 2 aliphatic rings. The largest absolute Gasteiger partial charge is 0.491 e. The molecule has 1 aromatic heterocycles. The van der Waals surface area contributed by atoms with Gasteiger partial charge in [0.25, 0.3) is 0 Å². The molecular formula is C28H33FN4O3S. The van der Waals surface area contributed by atoms with Crippen molar-refractivity contribution in [3.05, 3.63) is 76.5 Å². The molecule has 9 heteroatoms. The van der Waals surface area contributed by atoms with Crippen LogP contribution in [0.1, 0.15) is 37.3 Å². The minimum absolute atomic E-state index is 0.127. The topological polar surface area (TPSA) is 58.1 Å². The molecule has 0 atom stereocenters. The first-order chi connectivity index (χ1) is 17.9. The average Bonchev–Trinajstić information content (AvgIpc) is 3.34. The number of rotatable bonds is 7. The number of hydrogen-bond acceptors (Lipinski definition) is 6. The molecule has 0 radical (unpaired) electrons. The van der Waals surface area contributed by atoms with Crippen LogP contribution in [0.15, 0.2) is 60.1 Å². The van der Waals surface area contributed by atoms with Crippen molar-refractivity contribution in [2.24, 2.45) is 0 Å². The van der Waals surface area contributed by atoms with Crippen molar-refractivity contribution in [3.8, 4) is 5.75 Å². The van der Waals surface area contributed by atoms with Crippen LogP contribution in [0.5, 0.6) is 5.75 Å². The lowest BCUT2D eigenvalue weighted by atomic mass is 9.85. The molecule has 2 amide bonds. The van der Waals surface area contributed by atoms with Crippen LogP contribution in [0.25, 0.3) is 0 Å². The van der Waals surface area contributed by atoms with Crippen LogP contribution >= 0.6 is 11.3 Å². The molecule has 5 rings (SSSR count). The second-order valence-electron chi connectivity index (χ2n) is 10.0. The van der Waals surface area contributed by atoms with Gasteiger partial charge >= 0.3 is 6.03 Å². The Labute approximate surface area is 221 Å². The summed E-state index contributed by atoms with van der Waals surface area (Å²) in [6, 6.07) is 14.4. The molecule has 2 aliphatic heterocycles. The van der Waals surface area contributed by atoms with E-state index in [-0.39, 0.29) is 24.7 Å². The Bertz CT molecular complexity index is 1200. The first kappa shape index (κ1) is 25.6. The Morgan fingerprint density at radius 1 is 1.14 bits per heavy atom. The number of likely N-dealkylation sites (tertiary alicyclic amines) is 1. The van der Waals surface area contributed by atoms with E-state index in [0.29, 0.717) is 18.8 Å². The van der Waals surface area contributed by atoms with E-state index in [2.05, 4.69) is 22.0 Å². The SMILES string of the molecule is CC(C)Oc1cccc(CN2CCC3(CC2)COCN(Cc2nccs2)C(=O)N3c2cccc(F)c2)c1. The minimum atomic E-state index is -0.554. The van der Waals surface area contributed by atoms with E-state index < -0.39 is 5.54 Å². The third kappa shape index (κ3) is 5.95. The number of nitrogens with zero attached hydrogens (tertiary/aromatic N) is 4. The molecule has 196 valence electrons. The number of urea groups is 1. The van der Waals surface area contributed by atoms with Gasteiger partial charge in [-0.1, -0.05) is 18.2 Å². The lowest BCUT2D eigenvalue weighted by Gasteiger charge is -2.47. The van der Waals surface area contributed by atoms with Gasteiger partial charge in [0.05, 0.1) is 24.8 Å². The molecule has 7 nitrogen and oxygen atoms in total. The lowest BCUT2D eigenvalue weighted by molar-refractivity contribution is 0.0232. The molecular weight excluding hydrogens is 491 g/mol. The highest BCUT2D eigenvalue weighted by Gasteiger charge is 2.47. The number of ether oxygens (including phenoxy) is 2. The average molecular weight is 525 g/mol. The minimum Gasteiger partial charge on any atom is -0.491 e. The van der Waals surface area contributed by atoms with Crippen molar-refractivity contribution >= 4 is 23.1 Å². The molecule has 2 saturated heterocycles. The van der Waals surface area contributed by atoms with E-state index in [1.165, 1.54) is 29.0 Å². The predicted molar refractivity (Wildman–Crippen MR) is 142 cm³/mol. The van der Waals surface area contributed by atoms with Crippen molar-refractivity contribution in [3.63, 3.8) is 0 Å². The van der Waals surface area contributed by atoms with Crippen LogP contribution in [-0.4, -0.2) is 58.9 Å². The number of anilines is 1. The van der Waals surface area contributed by atoms with E-state index in [4.69, 9.17) is 9.47 Å². The van der Waals surface area contributed by atoms with Gasteiger partial charge in [0.2, 0.25) is 0 Å². The van der Waals surface area contributed by atoms with Gasteiger partial charge in [-0.05, 0) is 62.6 Å². The number of amides is 2. The normalized spacial score (nSPS) is 18.4. The number of hydrogen-bond donors (Lipinski definition) is 0. The summed E-state index contributed by atoms with van der Waals surface area (Å²) in [5, 5.41) is 2.73. The van der Waals surface area contributed by atoms with Gasteiger partial charge in [-0.3, -0.25) is 14.7 Å². The number of halogens is 1. The predicted octanol–water partition coefficient (Wildman–Crippen LogP) is 5.52. The Balaban J connectivity index is 1.35. The summed E-state index contributed by atoms with van der Waals surface area (Å²) in [5.74, 6) is 0.513. The van der Waals surface area contributed by atoms with Crippen molar-refractivity contribution < 1.29 is 18.7 Å². The zero-order chi connectivity index (χ0) is 25.8. The second kappa shape index (κ2) is 11.2. The molecule has 37 heavy (non-hydrogen) atoms. The highest BCUT2D eigenvalue weighted by molar-refractivity contribution is 7.09. The van der Waals surface area contributed by atoms with E-state index >= 15 is 0 Å². The lowest BCUT2D eigenvalue weighted by Crippen LogP contribution is -2.60. The summed E-state index contributed by atoms with van der Waals surface area (Å²) < 4.78 is 26.3. The summed E-state index contributed by atoms with van der Waals surface area (Å²) in [4.78, 5) is 24.1. The van der Waals surface area contributed by atoms with Crippen LogP contribution in [0.4, 0.5) is 14.9 Å². The molecule has 3 heterocycles. The molecule has 2 fully saturated rings. The molecule has 2 aromatic carbocycles. The summed E-state index contributed by atoms with van der Waals surface area (Å²) in [7, 11) is 0. The fourth-order valence-electron chi connectivity index (χ4n) is 5.16. The molecule has 0 bridgehead atoms. The third-order valence-electron chi connectivity index (χ3n) is 6.89. The van der Waals surface area contributed by atoms with Gasteiger partial charge in [0.15, 0.2) is 0 Å². The van der Waals surface area contributed by atoms with Crippen molar-refractivity contribution in [2.75, 3.05) is 31.3 Å². The highest BCUT2D eigenvalue weighted by atomic mass is 32.1. The van der Waals surface area contributed by atoms with E-state index in [0.717, 1.165) is 43.2 Å². The molecule has 0 saturated carbocycles. The first-order valence-electron chi connectivity index (χ1n) is 12.7. The summed E-state index contributed by atoms with van der Waals surface area (Å²) >= 11 is 1.50. The fraction of sp³-hybridized carbons (Fsp3) is 0.429. The van der Waals surface area contributed by atoms with Crippen molar-refractivity contribution in [1.29, 1.82) is 0 Å². The number of piperidine rings is 1. The maximum atomic E-state index is 14.3. The molecule has 0 N–H and O–H groups in total. The maximum Gasteiger partial charge on any atom is 0.327 e. The number of benzene rings is 2. The van der Waals surface area contributed by atoms with Crippen molar-refractivity contribution in [2.45, 2.75) is 51.4 Å². The first-order valence-corrected chi connectivity index (χ1v) is 13.6. The quantitative estimate of drug-likeness (QED) is 0.407. The van der Waals surface area contributed by atoms with Gasteiger partial charge in [-0.25, -0.2) is 14.2 Å². The third-order valence-corrected chi connectivity index (χ3v) is 7.66. The van der Waals surface area contributed by atoms with E-state index in [9.17, 15) is 9.18 Å². The summed E-state index contributed by atoms with van der Waals surface area (Å²) in [6.07, 6.45) is 3.31. The Morgan fingerprint density at radius 3 is 2.68 bits per heavy atom. The van der Waals surface area contributed by atoms with Gasteiger partial charge in [-0.2, -0.15) is 0 Å². The van der Waals surface area contributed by atoms with Gasteiger partial charge in [0, 0.05) is 36.9 Å². The number of thiazole rings is 1. The zero-order valence-corrected chi connectivity index (χ0v) is 22.1. The van der Waals surface area contributed by atoms with Gasteiger partial charge < -0.3 is 9.47 Å². The second-order valence-corrected chi connectivity index (χ2v) is 11.0. The molecule has 0 aliphatic carbocycles. The summed E-state index contributed by atoms with van der Waals surface area (Å²) in [6.45, 7) is 7.38. The summed E-state index contributed by atoms with van der Waals surface area (Å²) in [5.41, 5.74) is 1.20. The van der Waals surface area contributed by atoms with E-state index in [1.54, 1.807) is 22.1 Å². The molecule has 1 spiro atoms. The standard InChI is InChI=1S/C28H33FN4O3S/c1-21(2)36-25-8-3-5-22(15-25)17-31-12-9-28(10-13-31)19-35-20-32(18-26-30-11-14-37-26)27(34)33(28)24-7-4-6-23(29)16-24/h3-8,11,14-16,21H,9-10,12-13,17-20H2,1-2H3. The van der Waals surface area contributed by atoms with Crippen LogP contribution in [0, 0.1) is 5.82 Å². The smallest absolute Gasteiger partial charge is 0.327 e. The maximum absolute atomic E-state index is 14.3. The molecule has 3 aromatic rings. The van der Waals surface area contributed by atoms with Crippen LogP contribution in [0.3, 0.4) is 0 Å². The molecule has 0 unspecified atom stereocenters. The number of carbonyl (C=O) groups excluding carboxylic acids is 1. The van der Waals surface area contributed by atoms with Crippen LogP contribution in [-0.2, 0) is 17.8 Å². The van der Waals surface area contributed by atoms with Gasteiger partial charge in [0.1, 0.15) is 23.3 Å². The number of aromatic nitrogens is 1. The zero-order valence-electron chi connectivity index (χ0n) is 21.3. The number of carbonyl (C=O) groups is 1.